The van der Waals surface area contributed by atoms with Gasteiger partial charge in [-0.2, -0.15) is 0 Å². The number of furan rings is 1. The minimum absolute atomic E-state index is 0.142. The first kappa shape index (κ1) is 9.27. The molecule has 0 atom stereocenters. The Morgan fingerprint density at radius 3 is 2.93 bits per heavy atom. The number of nitrogens with one attached hydrogen (secondary N) is 1. The zero-order chi connectivity index (χ0) is 9.97. The van der Waals surface area contributed by atoms with Crippen molar-refractivity contribution in [3.05, 3.63) is 23.7 Å². The van der Waals surface area contributed by atoms with Gasteiger partial charge < -0.3 is 15.5 Å². The highest BCUT2D eigenvalue weighted by molar-refractivity contribution is 5.91. The Morgan fingerprint density at radius 1 is 1.57 bits per heavy atom. The van der Waals surface area contributed by atoms with Crippen LogP contribution in [0.5, 0.6) is 0 Å². The number of nitrogens with two attached hydrogens (primary N) is 1. The first-order valence-electron chi connectivity index (χ1n) is 4.86. The standard InChI is InChI=1S/C10H14N2O2/c11-5-8-3-4-9(14-8)10(13)12-6-7-1-2-7/h3-4,7H,1-2,5-6,11H2,(H,12,13). The molecule has 0 aromatic carbocycles. The Bertz CT molecular complexity index is 329. The summed E-state index contributed by atoms with van der Waals surface area (Å²) < 4.78 is 5.21. The van der Waals surface area contributed by atoms with Gasteiger partial charge in [0.1, 0.15) is 5.76 Å². The first-order valence-corrected chi connectivity index (χ1v) is 4.86. The Morgan fingerprint density at radius 2 is 2.36 bits per heavy atom. The van der Waals surface area contributed by atoms with Crippen molar-refractivity contribution in [3.63, 3.8) is 0 Å². The minimum Gasteiger partial charge on any atom is -0.455 e. The zero-order valence-electron chi connectivity index (χ0n) is 7.95. The van der Waals surface area contributed by atoms with Gasteiger partial charge in [-0.25, -0.2) is 0 Å². The Labute approximate surface area is 82.5 Å². The van der Waals surface area contributed by atoms with Crippen LogP contribution in [0.3, 0.4) is 0 Å². The molecule has 0 spiro atoms. The second-order valence-electron chi connectivity index (χ2n) is 3.62. The molecule has 0 unspecified atom stereocenters. The van der Waals surface area contributed by atoms with Crippen molar-refractivity contribution < 1.29 is 9.21 Å². The van der Waals surface area contributed by atoms with Gasteiger partial charge in [-0.1, -0.05) is 0 Å². The van der Waals surface area contributed by atoms with Gasteiger partial charge in [0.15, 0.2) is 5.76 Å². The fraction of sp³-hybridized carbons (Fsp3) is 0.500. The monoisotopic (exact) mass is 194 g/mol. The second-order valence-corrected chi connectivity index (χ2v) is 3.62. The summed E-state index contributed by atoms with van der Waals surface area (Å²) in [5, 5.41) is 2.82. The van der Waals surface area contributed by atoms with Gasteiger partial charge in [0.25, 0.3) is 5.91 Å². The molecule has 0 bridgehead atoms. The normalized spacial score (nSPS) is 15.5. The van der Waals surface area contributed by atoms with Crippen molar-refractivity contribution in [3.8, 4) is 0 Å². The van der Waals surface area contributed by atoms with Gasteiger partial charge >= 0.3 is 0 Å². The molecule has 4 nitrogen and oxygen atoms in total. The highest BCUT2D eigenvalue weighted by Crippen LogP contribution is 2.27. The topological polar surface area (TPSA) is 68.3 Å². The van der Waals surface area contributed by atoms with E-state index in [1.54, 1.807) is 12.1 Å². The molecule has 0 radical (unpaired) electrons. The summed E-state index contributed by atoms with van der Waals surface area (Å²) in [7, 11) is 0. The lowest BCUT2D eigenvalue weighted by Gasteiger charge is -2.00. The molecule has 3 N–H and O–H groups in total. The van der Waals surface area contributed by atoms with Crippen molar-refractivity contribution in [2.24, 2.45) is 11.7 Å². The summed E-state index contributed by atoms with van der Waals surface area (Å²) in [4.78, 5) is 11.5. The molecule has 2 rings (SSSR count). The van der Waals surface area contributed by atoms with Crippen LogP contribution in [0.2, 0.25) is 0 Å². The smallest absolute Gasteiger partial charge is 0.287 e. The lowest BCUT2D eigenvalue weighted by Crippen LogP contribution is -2.25. The summed E-state index contributed by atoms with van der Waals surface area (Å²) in [6.07, 6.45) is 2.46. The van der Waals surface area contributed by atoms with Crippen molar-refractivity contribution in [1.82, 2.24) is 5.32 Å². The molecular formula is C10H14N2O2. The van der Waals surface area contributed by atoms with Crippen LogP contribution in [0, 0.1) is 5.92 Å². The molecule has 1 saturated carbocycles. The van der Waals surface area contributed by atoms with Gasteiger partial charge in [-0.05, 0) is 30.9 Å². The van der Waals surface area contributed by atoms with E-state index in [-0.39, 0.29) is 5.91 Å². The number of carbonyl (C=O) groups is 1. The Kier molecular flexibility index (Phi) is 2.54. The summed E-state index contributed by atoms with van der Waals surface area (Å²) in [6, 6.07) is 3.39. The second kappa shape index (κ2) is 3.84. The molecule has 1 aromatic rings. The lowest BCUT2D eigenvalue weighted by molar-refractivity contribution is 0.0922. The van der Waals surface area contributed by atoms with Crippen LogP contribution in [-0.2, 0) is 6.54 Å². The number of hydrogen-bond acceptors (Lipinski definition) is 3. The van der Waals surface area contributed by atoms with Gasteiger partial charge in [0, 0.05) is 6.54 Å². The van der Waals surface area contributed by atoms with E-state index in [4.69, 9.17) is 10.2 Å². The number of amides is 1. The highest BCUT2D eigenvalue weighted by atomic mass is 16.4. The maximum atomic E-state index is 11.5. The molecular weight excluding hydrogens is 180 g/mol. The van der Waals surface area contributed by atoms with Crippen LogP contribution in [0.1, 0.15) is 29.2 Å². The molecule has 0 aliphatic heterocycles. The third-order valence-corrected chi connectivity index (χ3v) is 2.33. The maximum absolute atomic E-state index is 11.5. The van der Waals surface area contributed by atoms with Crippen LogP contribution in [0.15, 0.2) is 16.5 Å². The minimum atomic E-state index is -0.142. The van der Waals surface area contributed by atoms with Crippen molar-refractivity contribution in [1.29, 1.82) is 0 Å². The molecule has 1 aromatic heterocycles. The quantitative estimate of drug-likeness (QED) is 0.747. The molecule has 1 aliphatic carbocycles. The van der Waals surface area contributed by atoms with Crippen molar-refractivity contribution >= 4 is 5.91 Å². The van der Waals surface area contributed by atoms with E-state index in [0.29, 0.717) is 24.0 Å². The van der Waals surface area contributed by atoms with E-state index in [1.807, 2.05) is 0 Å². The number of hydrogen-bond donors (Lipinski definition) is 2. The summed E-state index contributed by atoms with van der Waals surface area (Å²) in [5.74, 6) is 1.53. The van der Waals surface area contributed by atoms with E-state index >= 15 is 0 Å². The molecule has 4 heteroatoms. The average Bonchev–Trinajstić information content (AvgIpc) is 2.90. The van der Waals surface area contributed by atoms with E-state index in [1.165, 1.54) is 12.8 Å². The average molecular weight is 194 g/mol. The Hall–Kier alpha value is -1.29. The van der Waals surface area contributed by atoms with Crippen molar-refractivity contribution in [2.75, 3.05) is 6.54 Å². The molecule has 0 saturated heterocycles. The van der Waals surface area contributed by atoms with Crippen LogP contribution < -0.4 is 11.1 Å². The molecule has 1 fully saturated rings. The summed E-state index contributed by atoms with van der Waals surface area (Å²) in [6.45, 7) is 1.09. The first-order chi connectivity index (χ1) is 6.79. The van der Waals surface area contributed by atoms with Gasteiger partial charge in [0.05, 0.1) is 6.54 Å². The molecule has 1 aliphatic rings. The molecule has 1 amide bonds. The van der Waals surface area contributed by atoms with Crippen LogP contribution in [0.25, 0.3) is 0 Å². The van der Waals surface area contributed by atoms with Crippen LogP contribution in [-0.4, -0.2) is 12.5 Å². The van der Waals surface area contributed by atoms with E-state index in [9.17, 15) is 4.79 Å². The maximum Gasteiger partial charge on any atom is 0.287 e. The zero-order valence-corrected chi connectivity index (χ0v) is 7.95. The van der Waals surface area contributed by atoms with Gasteiger partial charge in [-0.3, -0.25) is 4.79 Å². The van der Waals surface area contributed by atoms with E-state index < -0.39 is 0 Å². The van der Waals surface area contributed by atoms with Crippen molar-refractivity contribution in [2.45, 2.75) is 19.4 Å². The fourth-order valence-corrected chi connectivity index (χ4v) is 1.26. The highest BCUT2D eigenvalue weighted by Gasteiger charge is 2.22. The SMILES string of the molecule is NCc1ccc(C(=O)NCC2CC2)o1. The van der Waals surface area contributed by atoms with Crippen LogP contribution >= 0.6 is 0 Å². The van der Waals surface area contributed by atoms with E-state index in [0.717, 1.165) is 6.54 Å². The number of rotatable bonds is 4. The van der Waals surface area contributed by atoms with Crippen LogP contribution in [0.4, 0.5) is 0 Å². The molecule has 76 valence electrons. The summed E-state index contributed by atoms with van der Waals surface area (Å²) in [5.41, 5.74) is 5.37. The largest absolute Gasteiger partial charge is 0.455 e. The lowest BCUT2D eigenvalue weighted by atomic mass is 10.3. The third kappa shape index (κ3) is 2.14. The predicted octanol–water partition coefficient (Wildman–Crippen LogP) is 0.878. The van der Waals surface area contributed by atoms with Gasteiger partial charge in [0.2, 0.25) is 0 Å². The summed E-state index contributed by atoms with van der Waals surface area (Å²) >= 11 is 0. The number of carbonyl (C=O) groups excluding carboxylic acids is 1. The third-order valence-electron chi connectivity index (χ3n) is 2.33. The molecule has 14 heavy (non-hydrogen) atoms. The fourth-order valence-electron chi connectivity index (χ4n) is 1.26. The van der Waals surface area contributed by atoms with E-state index in [2.05, 4.69) is 5.32 Å². The molecule has 1 heterocycles. The predicted molar refractivity (Wildman–Crippen MR) is 51.7 cm³/mol. The van der Waals surface area contributed by atoms with Gasteiger partial charge in [-0.15, -0.1) is 0 Å². The Balaban J connectivity index is 1.88.